The second-order valence-corrected chi connectivity index (χ2v) is 4.24. The first kappa shape index (κ1) is 12.8. The van der Waals surface area contributed by atoms with Gasteiger partial charge in [-0.3, -0.25) is 0 Å². The number of nitrogens with zero attached hydrogens (tertiary/aromatic N) is 2. The van der Waals surface area contributed by atoms with Gasteiger partial charge in [-0.05, 0) is 19.3 Å². The molecule has 1 aromatic rings. The quantitative estimate of drug-likeness (QED) is 0.797. The third kappa shape index (κ3) is 2.95. The highest BCUT2D eigenvalue weighted by molar-refractivity contribution is 5.93. The van der Waals surface area contributed by atoms with Crippen LogP contribution < -0.4 is 5.73 Å². The fraction of sp³-hybridized carbons (Fsp3) is 0.583. The number of hydrogen-bond acceptors (Lipinski definition) is 6. The normalized spacial score (nSPS) is 18.8. The largest absolute Gasteiger partial charge is 0.462 e. The summed E-state index contributed by atoms with van der Waals surface area (Å²) in [6.07, 6.45) is 3.18. The maximum absolute atomic E-state index is 11.5. The van der Waals surface area contributed by atoms with Gasteiger partial charge in [0.05, 0.1) is 6.61 Å². The van der Waals surface area contributed by atoms with E-state index in [-0.39, 0.29) is 11.4 Å². The molecular weight excluding hydrogens is 234 g/mol. The molecule has 0 saturated carbocycles. The van der Waals surface area contributed by atoms with Crippen LogP contribution in [-0.4, -0.2) is 35.8 Å². The second-order valence-electron chi connectivity index (χ2n) is 4.24. The Morgan fingerprint density at radius 1 is 1.67 bits per heavy atom. The molecule has 1 atom stereocenters. The third-order valence-corrected chi connectivity index (χ3v) is 2.86. The molecular formula is C12H17N3O3. The van der Waals surface area contributed by atoms with Crippen molar-refractivity contribution in [1.82, 2.24) is 9.97 Å². The Morgan fingerprint density at radius 2 is 2.50 bits per heavy atom. The molecule has 1 aromatic heterocycles. The predicted octanol–water partition coefficient (Wildman–Crippen LogP) is 0.815. The van der Waals surface area contributed by atoms with Gasteiger partial charge < -0.3 is 15.2 Å². The van der Waals surface area contributed by atoms with E-state index in [1.165, 1.54) is 6.20 Å². The number of esters is 1. The molecule has 1 aliphatic rings. The molecule has 0 aliphatic carbocycles. The van der Waals surface area contributed by atoms with E-state index in [2.05, 4.69) is 9.97 Å². The van der Waals surface area contributed by atoms with Crippen molar-refractivity contribution < 1.29 is 14.3 Å². The topological polar surface area (TPSA) is 87.3 Å². The average molecular weight is 251 g/mol. The molecule has 0 radical (unpaired) electrons. The molecule has 18 heavy (non-hydrogen) atoms. The summed E-state index contributed by atoms with van der Waals surface area (Å²) >= 11 is 0. The highest BCUT2D eigenvalue weighted by atomic mass is 16.5. The number of nitrogens with two attached hydrogens (primary N) is 1. The van der Waals surface area contributed by atoms with Gasteiger partial charge in [0, 0.05) is 25.8 Å². The molecule has 1 unspecified atom stereocenters. The lowest BCUT2D eigenvalue weighted by molar-refractivity contribution is 0.0526. The fourth-order valence-electron chi connectivity index (χ4n) is 1.90. The number of hydrogen-bond donors (Lipinski definition) is 1. The molecule has 1 aliphatic heterocycles. The summed E-state index contributed by atoms with van der Waals surface area (Å²) in [4.78, 5) is 19.8. The van der Waals surface area contributed by atoms with E-state index in [9.17, 15) is 4.79 Å². The monoisotopic (exact) mass is 251 g/mol. The summed E-state index contributed by atoms with van der Waals surface area (Å²) < 4.78 is 10.2. The van der Waals surface area contributed by atoms with Crippen molar-refractivity contribution in [3.63, 3.8) is 0 Å². The minimum Gasteiger partial charge on any atom is -0.462 e. The third-order valence-electron chi connectivity index (χ3n) is 2.86. The van der Waals surface area contributed by atoms with Gasteiger partial charge in [0.1, 0.15) is 17.2 Å². The van der Waals surface area contributed by atoms with Gasteiger partial charge >= 0.3 is 5.97 Å². The lowest BCUT2D eigenvalue weighted by Crippen LogP contribution is -2.13. The zero-order chi connectivity index (χ0) is 13.0. The van der Waals surface area contributed by atoms with Crippen molar-refractivity contribution >= 4 is 11.8 Å². The number of carbonyl (C=O) groups excluding carboxylic acids is 1. The van der Waals surface area contributed by atoms with Crippen molar-refractivity contribution in [2.24, 2.45) is 5.92 Å². The fourth-order valence-corrected chi connectivity index (χ4v) is 1.90. The van der Waals surface area contributed by atoms with Crippen LogP contribution in [0.3, 0.4) is 0 Å². The van der Waals surface area contributed by atoms with Crippen molar-refractivity contribution in [3.8, 4) is 0 Å². The van der Waals surface area contributed by atoms with Crippen LogP contribution in [0.1, 0.15) is 29.5 Å². The second kappa shape index (κ2) is 5.77. The predicted molar refractivity (Wildman–Crippen MR) is 65.0 cm³/mol. The Hall–Kier alpha value is -1.69. The van der Waals surface area contributed by atoms with Gasteiger partial charge in [-0.15, -0.1) is 0 Å². The van der Waals surface area contributed by atoms with E-state index < -0.39 is 5.97 Å². The van der Waals surface area contributed by atoms with Crippen LogP contribution in [0.2, 0.25) is 0 Å². The lowest BCUT2D eigenvalue weighted by Gasteiger charge is -2.08. The van der Waals surface area contributed by atoms with E-state index in [4.69, 9.17) is 15.2 Å². The van der Waals surface area contributed by atoms with E-state index >= 15 is 0 Å². The standard InChI is InChI=1S/C12H17N3O3/c1-2-18-12(16)9-6-14-10(15-11(9)13)5-8-3-4-17-7-8/h6,8H,2-5,7H2,1H3,(H2,13,14,15). The van der Waals surface area contributed by atoms with Crippen LogP contribution in [0, 0.1) is 5.92 Å². The number of anilines is 1. The summed E-state index contributed by atoms with van der Waals surface area (Å²) in [5.41, 5.74) is 5.97. The number of ether oxygens (including phenoxy) is 2. The molecule has 0 amide bonds. The first-order valence-corrected chi connectivity index (χ1v) is 6.07. The van der Waals surface area contributed by atoms with Crippen molar-refractivity contribution in [2.45, 2.75) is 19.8 Å². The van der Waals surface area contributed by atoms with E-state index in [1.54, 1.807) is 6.92 Å². The van der Waals surface area contributed by atoms with Gasteiger partial charge in [-0.25, -0.2) is 14.8 Å². The maximum Gasteiger partial charge on any atom is 0.343 e. The first-order chi connectivity index (χ1) is 8.70. The van der Waals surface area contributed by atoms with Gasteiger partial charge in [0.25, 0.3) is 0 Å². The number of aromatic nitrogens is 2. The molecule has 98 valence electrons. The van der Waals surface area contributed by atoms with E-state index in [0.29, 0.717) is 18.3 Å². The molecule has 2 N–H and O–H groups in total. The Kier molecular flexibility index (Phi) is 4.09. The number of nitrogen functional groups attached to an aromatic ring is 1. The van der Waals surface area contributed by atoms with Crippen LogP contribution in [0.4, 0.5) is 5.82 Å². The Morgan fingerprint density at radius 3 is 3.11 bits per heavy atom. The zero-order valence-electron chi connectivity index (χ0n) is 10.4. The maximum atomic E-state index is 11.5. The van der Waals surface area contributed by atoms with E-state index in [0.717, 1.165) is 26.1 Å². The van der Waals surface area contributed by atoms with Crippen LogP contribution in [0.5, 0.6) is 0 Å². The van der Waals surface area contributed by atoms with Crippen LogP contribution in [-0.2, 0) is 15.9 Å². The Bertz CT molecular complexity index is 431. The summed E-state index contributed by atoms with van der Waals surface area (Å²) in [7, 11) is 0. The molecule has 0 spiro atoms. The molecule has 2 rings (SSSR count). The van der Waals surface area contributed by atoms with Crippen LogP contribution >= 0.6 is 0 Å². The minimum absolute atomic E-state index is 0.178. The van der Waals surface area contributed by atoms with Crippen molar-refractivity contribution in [1.29, 1.82) is 0 Å². The Balaban J connectivity index is 2.06. The van der Waals surface area contributed by atoms with Gasteiger partial charge in [-0.1, -0.05) is 0 Å². The number of rotatable bonds is 4. The molecule has 6 heteroatoms. The van der Waals surface area contributed by atoms with Crippen molar-refractivity contribution in [2.75, 3.05) is 25.6 Å². The average Bonchev–Trinajstić information content (AvgIpc) is 2.82. The van der Waals surface area contributed by atoms with Crippen LogP contribution in [0.15, 0.2) is 6.20 Å². The zero-order valence-corrected chi connectivity index (χ0v) is 10.4. The molecule has 1 saturated heterocycles. The summed E-state index contributed by atoms with van der Waals surface area (Å²) in [6, 6.07) is 0. The summed E-state index contributed by atoms with van der Waals surface area (Å²) in [6.45, 7) is 3.58. The molecule has 0 bridgehead atoms. The van der Waals surface area contributed by atoms with Crippen LogP contribution in [0.25, 0.3) is 0 Å². The Labute approximate surface area is 106 Å². The SMILES string of the molecule is CCOC(=O)c1cnc(CC2CCOC2)nc1N. The molecule has 6 nitrogen and oxygen atoms in total. The minimum atomic E-state index is -0.481. The molecule has 2 heterocycles. The van der Waals surface area contributed by atoms with Gasteiger partial charge in [0.15, 0.2) is 0 Å². The van der Waals surface area contributed by atoms with Crippen molar-refractivity contribution in [3.05, 3.63) is 17.6 Å². The van der Waals surface area contributed by atoms with Gasteiger partial charge in [0.2, 0.25) is 0 Å². The first-order valence-electron chi connectivity index (χ1n) is 6.07. The number of carbonyl (C=O) groups is 1. The molecule has 0 aromatic carbocycles. The van der Waals surface area contributed by atoms with E-state index in [1.807, 2.05) is 0 Å². The highest BCUT2D eigenvalue weighted by Gasteiger charge is 2.19. The highest BCUT2D eigenvalue weighted by Crippen LogP contribution is 2.17. The summed E-state index contributed by atoms with van der Waals surface area (Å²) in [5, 5.41) is 0. The van der Waals surface area contributed by atoms with Gasteiger partial charge in [-0.2, -0.15) is 0 Å². The molecule has 1 fully saturated rings. The summed E-state index contributed by atoms with van der Waals surface area (Å²) in [5.74, 6) is 0.789. The smallest absolute Gasteiger partial charge is 0.343 e. The lowest BCUT2D eigenvalue weighted by atomic mass is 10.0.